The Morgan fingerprint density at radius 1 is 1.26 bits per heavy atom. The normalized spacial score (nSPS) is 19.9. The van der Waals surface area contributed by atoms with Gasteiger partial charge in [-0.25, -0.2) is 9.38 Å². The van der Waals surface area contributed by atoms with Gasteiger partial charge in [0, 0.05) is 0 Å². The van der Waals surface area contributed by atoms with Crippen molar-refractivity contribution >= 4 is 17.6 Å². The van der Waals surface area contributed by atoms with Crippen molar-refractivity contribution in [1.82, 2.24) is 0 Å². The Morgan fingerprint density at radius 2 is 2.00 bits per heavy atom. The summed E-state index contributed by atoms with van der Waals surface area (Å²) < 4.78 is 14.6. The number of aliphatic imine (C=N–C) groups is 2. The van der Waals surface area contributed by atoms with Crippen molar-refractivity contribution in [3.63, 3.8) is 0 Å². The fourth-order valence-corrected chi connectivity index (χ4v) is 3.40. The highest BCUT2D eigenvalue weighted by atomic mass is 19.1. The molecule has 1 fully saturated rings. The van der Waals surface area contributed by atoms with E-state index in [-0.39, 0.29) is 18.3 Å². The first kappa shape index (κ1) is 15.3. The van der Waals surface area contributed by atoms with Crippen LogP contribution in [-0.2, 0) is 6.42 Å². The highest BCUT2D eigenvalue weighted by molar-refractivity contribution is 6.05. The Balaban J connectivity index is 2.05. The van der Waals surface area contributed by atoms with Crippen LogP contribution in [-0.4, -0.2) is 17.6 Å². The molecule has 1 heterocycles. The van der Waals surface area contributed by atoms with Gasteiger partial charge in [-0.3, -0.25) is 4.90 Å². The Kier molecular flexibility index (Phi) is 3.90. The molecule has 4 N–H and O–H groups in total. The lowest BCUT2D eigenvalue weighted by atomic mass is 9.87. The third kappa shape index (κ3) is 2.72. The molecule has 120 valence electrons. The summed E-state index contributed by atoms with van der Waals surface area (Å²) in [6.45, 7) is 0. The Hall–Kier alpha value is -2.62. The van der Waals surface area contributed by atoms with Crippen LogP contribution in [0.1, 0.15) is 37.7 Å². The van der Waals surface area contributed by atoms with Gasteiger partial charge in [0.2, 0.25) is 11.9 Å². The number of nitrogens with zero attached hydrogens (tertiary/aromatic N) is 4. The van der Waals surface area contributed by atoms with Crippen LogP contribution in [0.5, 0.6) is 0 Å². The lowest BCUT2D eigenvalue weighted by Crippen LogP contribution is -2.58. The van der Waals surface area contributed by atoms with E-state index in [0.29, 0.717) is 11.3 Å². The average Bonchev–Trinajstić information content (AvgIpc) is 2.50. The van der Waals surface area contributed by atoms with E-state index < -0.39 is 11.5 Å². The molecule has 6 nitrogen and oxygen atoms in total. The molecule has 1 saturated carbocycles. The van der Waals surface area contributed by atoms with Gasteiger partial charge >= 0.3 is 0 Å². The molecular formula is C16H19FN6. The summed E-state index contributed by atoms with van der Waals surface area (Å²) in [5.41, 5.74) is 12.2. The third-order valence-electron chi connectivity index (χ3n) is 4.39. The van der Waals surface area contributed by atoms with Crippen molar-refractivity contribution in [1.29, 1.82) is 5.26 Å². The first-order chi connectivity index (χ1) is 11.1. The fraction of sp³-hybridized carbons (Fsp3) is 0.438. The van der Waals surface area contributed by atoms with E-state index in [9.17, 15) is 4.39 Å². The van der Waals surface area contributed by atoms with Gasteiger partial charge < -0.3 is 11.5 Å². The van der Waals surface area contributed by atoms with Crippen LogP contribution in [0.4, 0.5) is 10.1 Å². The lowest BCUT2D eigenvalue weighted by Gasteiger charge is -2.45. The number of nitrogens with two attached hydrogens (primary N) is 2. The molecule has 1 aliphatic carbocycles. The van der Waals surface area contributed by atoms with E-state index in [0.717, 1.165) is 32.1 Å². The van der Waals surface area contributed by atoms with Gasteiger partial charge in [-0.2, -0.15) is 10.3 Å². The minimum absolute atomic E-state index is 0.141. The molecule has 0 saturated heterocycles. The van der Waals surface area contributed by atoms with E-state index in [1.54, 1.807) is 17.0 Å². The van der Waals surface area contributed by atoms with E-state index in [1.807, 2.05) is 6.07 Å². The zero-order chi connectivity index (χ0) is 16.4. The summed E-state index contributed by atoms with van der Waals surface area (Å²) in [7, 11) is 0. The van der Waals surface area contributed by atoms with Crippen molar-refractivity contribution in [3.8, 4) is 6.07 Å². The van der Waals surface area contributed by atoms with E-state index in [2.05, 4.69) is 9.98 Å². The van der Waals surface area contributed by atoms with Crippen molar-refractivity contribution < 1.29 is 4.39 Å². The molecular weight excluding hydrogens is 295 g/mol. The maximum Gasteiger partial charge on any atom is 0.220 e. The van der Waals surface area contributed by atoms with Gasteiger partial charge in [0.15, 0.2) is 0 Å². The number of anilines is 1. The number of rotatable bonds is 2. The molecule has 0 radical (unpaired) electrons. The number of guanidine groups is 2. The first-order valence-corrected chi connectivity index (χ1v) is 7.71. The quantitative estimate of drug-likeness (QED) is 0.871. The maximum absolute atomic E-state index is 14.6. The molecule has 0 unspecified atom stereocenters. The van der Waals surface area contributed by atoms with Crippen molar-refractivity contribution in [2.24, 2.45) is 21.5 Å². The molecule has 0 atom stereocenters. The van der Waals surface area contributed by atoms with Crippen LogP contribution in [0, 0.1) is 17.1 Å². The summed E-state index contributed by atoms with van der Waals surface area (Å²) in [6, 6.07) is 6.75. The Labute approximate surface area is 134 Å². The van der Waals surface area contributed by atoms with Crippen LogP contribution in [0.15, 0.2) is 28.2 Å². The maximum atomic E-state index is 14.6. The fourth-order valence-electron chi connectivity index (χ4n) is 3.40. The molecule has 3 rings (SSSR count). The summed E-state index contributed by atoms with van der Waals surface area (Å²) in [5, 5.41) is 8.74. The minimum atomic E-state index is -0.661. The van der Waals surface area contributed by atoms with Crippen LogP contribution in [0.3, 0.4) is 0 Å². The average molecular weight is 314 g/mol. The monoisotopic (exact) mass is 314 g/mol. The summed E-state index contributed by atoms with van der Waals surface area (Å²) in [6.07, 6.45) is 4.75. The smallest absolute Gasteiger partial charge is 0.220 e. The zero-order valence-electron chi connectivity index (χ0n) is 12.8. The predicted octanol–water partition coefficient (Wildman–Crippen LogP) is 2.00. The first-order valence-electron chi connectivity index (χ1n) is 7.71. The second kappa shape index (κ2) is 5.88. The Bertz CT molecular complexity index is 712. The third-order valence-corrected chi connectivity index (χ3v) is 4.39. The number of benzene rings is 1. The molecule has 0 aromatic heterocycles. The molecule has 7 heteroatoms. The summed E-state index contributed by atoms with van der Waals surface area (Å²) in [4.78, 5) is 10.2. The van der Waals surface area contributed by atoms with Gasteiger partial charge in [0.25, 0.3) is 0 Å². The molecule has 0 amide bonds. The highest BCUT2D eigenvalue weighted by Crippen LogP contribution is 2.40. The molecule has 1 aromatic carbocycles. The van der Waals surface area contributed by atoms with Gasteiger partial charge in [-0.1, -0.05) is 12.5 Å². The lowest BCUT2D eigenvalue weighted by molar-refractivity contribution is 0.304. The highest BCUT2D eigenvalue weighted by Gasteiger charge is 2.43. The van der Waals surface area contributed by atoms with Crippen molar-refractivity contribution in [2.75, 3.05) is 4.90 Å². The SMILES string of the molecule is N#CCc1ccc(N2C(N)=NC(N)=NC23CCCCC3)c(F)c1. The molecule has 23 heavy (non-hydrogen) atoms. The van der Waals surface area contributed by atoms with Crippen molar-refractivity contribution in [2.45, 2.75) is 44.2 Å². The van der Waals surface area contributed by atoms with Gasteiger partial charge in [-0.15, -0.1) is 0 Å². The van der Waals surface area contributed by atoms with Gasteiger partial charge in [0.05, 0.1) is 18.2 Å². The number of nitriles is 1. The van der Waals surface area contributed by atoms with Crippen LogP contribution >= 0.6 is 0 Å². The largest absolute Gasteiger partial charge is 0.369 e. The molecule has 1 aromatic rings. The van der Waals surface area contributed by atoms with E-state index >= 15 is 0 Å². The van der Waals surface area contributed by atoms with Crippen LogP contribution in [0.25, 0.3) is 0 Å². The van der Waals surface area contributed by atoms with Gasteiger partial charge in [0.1, 0.15) is 11.5 Å². The standard InChI is InChI=1S/C16H19FN6/c17-12-10-11(6-9-18)4-5-13(12)23-15(20)21-14(19)22-16(23)7-2-1-3-8-16/h4-5,10H,1-3,6-8H2,(H4,19,20,21,22). The second-order valence-electron chi connectivity index (χ2n) is 5.94. The zero-order valence-corrected chi connectivity index (χ0v) is 12.8. The predicted molar refractivity (Wildman–Crippen MR) is 87.3 cm³/mol. The topological polar surface area (TPSA) is 104 Å². The number of hydrogen-bond acceptors (Lipinski definition) is 6. The van der Waals surface area contributed by atoms with Gasteiger partial charge in [-0.05, 0) is 43.4 Å². The second-order valence-corrected chi connectivity index (χ2v) is 5.94. The number of hydrogen-bond donors (Lipinski definition) is 2. The molecule has 0 bridgehead atoms. The molecule has 2 aliphatic rings. The molecule has 1 spiro atoms. The van der Waals surface area contributed by atoms with Crippen molar-refractivity contribution in [3.05, 3.63) is 29.6 Å². The Morgan fingerprint density at radius 3 is 2.65 bits per heavy atom. The number of halogens is 1. The summed E-state index contributed by atoms with van der Waals surface area (Å²) in [5.74, 6) is -0.134. The molecule has 1 aliphatic heterocycles. The minimum Gasteiger partial charge on any atom is -0.369 e. The van der Waals surface area contributed by atoms with Crippen LogP contribution < -0.4 is 16.4 Å². The summed E-state index contributed by atoms with van der Waals surface area (Å²) >= 11 is 0. The van der Waals surface area contributed by atoms with Crippen LogP contribution in [0.2, 0.25) is 0 Å². The van der Waals surface area contributed by atoms with E-state index in [1.165, 1.54) is 6.07 Å². The van der Waals surface area contributed by atoms with E-state index in [4.69, 9.17) is 16.7 Å².